The summed E-state index contributed by atoms with van der Waals surface area (Å²) in [6.07, 6.45) is 13.6. The van der Waals surface area contributed by atoms with Gasteiger partial charge in [0, 0.05) is 25.3 Å². The van der Waals surface area contributed by atoms with E-state index in [1.165, 1.54) is 28.6 Å². The highest BCUT2D eigenvalue weighted by atomic mass is 32.2. The zero-order valence-electron chi connectivity index (χ0n) is 24.5. The molecule has 4 heterocycles. The molecule has 7 unspecified atom stereocenters. The molecule has 42 heavy (non-hydrogen) atoms. The number of thioether (sulfide) groups is 1. The number of pyridine rings is 1. The Hall–Kier alpha value is -2.49. The number of aliphatic hydroxyl groups excluding tert-OH is 1. The minimum atomic E-state index is -0.416. The first kappa shape index (κ1) is 27.1. The van der Waals surface area contributed by atoms with Crippen LogP contribution in [0.25, 0.3) is 17.3 Å². The third kappa shape index (κ3) is 4.09. The van der Waals surface area contributed by atoms with Crippen molar-refractivity contribution >= 4 is 34.9 Å². The molecule has 5 aliphatic rings. The number of hydrogen-bond acceptors (Lipinski definition) is 8. The lowest BCUT2D eigenvalue weighted by molar-refractivity contribution is -0.140. The highest BCUT2D eigenvalue weighted by Crippen LogP contribution is 2.66. The summed E-state index contributed by atoms with van der Waals surface area (Å²) in [7, 11) is 0. The van der Waals surface area contributed by atoms with E-state index in [2.05, 4.69) is 40.8 Å². The molecule has 222 valence electrons. The van der Waals surface area contributed by atoms with Gasteiger partial charge >= 0.3 is 0 Å². The highest BCUT2D eigenvalue weighted by molar-refractivity contribution is 7.99. The van der Waals surface area contributed by atoms with Gasteiger partial charge in [-0.3, -0.25) is 9.48 Å². The summed E-state index contributed by atoms with van der Waals surface area (Å²) in [5.41, 5.74) is 5.06. The quantitative estimate of drug-likeness (QED) is 0.368. The van der Waals surface area contributed by atoms with Gasteiger partial charge in [-0.2, -0.15) is 10.1 Å². The predicted octanol–water partition coefficient (Wildman–Crippen LogP) is 5.90. The molecular formula is C33H40N4O4S. The lowest BCUT2D eigenvalue weighted by Gasteiger charge is -2.59. The number of hydrogen-bond donors (Lipinski definition) is 1. The zero-order valence-corrected chi connectivity index (χ0v) is 25.3. The minimum absolute atomic E-state index is 0.0338. The van der Waals surface area contributed by atoms with E-state index in [1.807, 2.05) is 12.1 Å². The first-order valence-electron chi connectivity index (χ1n) is 15.8. The van der Waals surface area contributed by atoms with Crippen LogP contribution in [-0.2, 0) is 16.0 Å². The van der Waals surface area contributed by atoms with Gasteiger partial charge in [0.15, 0.2) is 11.2 Å². The van der Waals surface area contributed by atoms with Crippen molar-refractivity contribution in [1.29, 1.82) is 0 Å². The van der Waals surface area contributed by atoms with E-state index in [9.17, 15) is 9.90 Å². The van der Waals surface area contributed by atoms with Crippen LogP contribution in [0.3, 0.4) is 0 Å². The van der Waals surface area contributed by atoms with Crippen molar-refractivity contribution in [1.82, 2.24) is 19.7 Å². The fraction of sp³-hybridized carbons (Fsp3) is 0.636. The number of nitrogens with zero attached hydrogens (tertiary/aromatic N) is 4. The van der Waals surface area contributed by atoms with Crippen molar-refractivity contribution in [3.63, 3.8) is 0 Å². The summed E-state index contributed by atoms with van der Waals surface area (Å²) in [5.74, 6) is 1.68. The number of carbonyl (C=O) groups excluding carboxylic acids is 1. The molecule has 4 fully saturated rings. The van der Waals surface area contributed by atoms with Gasteiger partial charge in [0.25, 0.3) is 5.22 Å². The molecule has 1 aliphatic heterocycles. The van der Waals surface area contributed by atoms with Crippen LogP contribution in [0, 0.1) is 34.5 Å². The summed E-state index contributed by atoms with van der Waals surface area (Å²) in [5, 5.41) is 17.3. The Labute approximate surface area is 250 Å². The highest BCUT2D eigenvalue weighted by Gasteiger charge is 2.63. The summed E-state index contributed by atoms with van der Waals surface area (Å²) < 4.78 is 13.7. The van der Waals surface area contributed by atoms with Gasteiger partial charge < -0.3 is 14.3 Å². The number of Topliss-reactive ketones (excluding diaryl/α,β-unsaturated/α-hetero) is 1. The van der Waals surface area contributed by atoms with Crippen LogP contribution >= 0.6 is 11.8 Å². The molecule has 4 aliphatic carbocycles. The Bertz CT molecular complexity index is 1530. The fourth-order valence-corrected chi connectivity index (χ4v) is 10.8. The molecule has 8 nitrogen and oxygen atoms in total. The third-order valence-electron chi connectivity index (χ3n) is 11.9. The number of oxazole rings is 1. The summed E-state index contributed by atoms with van der Waals surface area (Å²) in [6.45, 7) is 6.31. The van der Waals surface area contributed by atoms with Gasteiger partial charge in [-0.1, -0.05) is 31.2 Å². The summed E-state index contributed by atoms with van der Waals surface area (Å²) >= 11 is 1.37. The van der Waals surface area contributed by atoms with Crippen molar-refractivity contribution in [2.24, 2.45) is 34.5 Å². The van der Waals surface area contributed by atoms with E-state index < -0.39 is 6.10 Å². The maximum Gasteiger partial charge on any atom is 0.258 e. The molecule has 3 aromatic rings. The normalized spacial score (nSPS) is 36.2. The maximum atomic E-state index is 13.7. The molecule has 0 amide bonds. The number of ketones is 1. The van der Waals surface area contributed by atoms with Crippen LogP contribution in [0.4, 0.5) is 0 Å². The van der Waals surface area contributed by atoms with Crippen LogP contribution in [0.5, 0.6) is 0 Å². The number of aliphatic hydroxyl groups is 1. The van der Waals surface area contributed by atoms with Gasteiger partial charge in [0.1, 0.15) is 5.78 Å². The topological polar surface area (TPSA) is 103 Å². The van der Waals surface area contributed by atoms with Crippen molar-refractivity contribution in [3.05, 3.63) is 41.4 Å². The second kappa shape index (κ2) is 10.0. The van der Waals surface area contributed by atoms with Crippen molar-refractivity contribution in [2.45, 2.75) is 82.6 Å². The number of allylic oxidation sites excluding steroid dienone is 1. The average Bonchev–Trinajstić information content (AvgIpc) is 3.68. The Morgan fingerprint density at radius 1 is 1.19 bits per heavy atom. The molecule has 0 bridgehead atoms. The number of rotatable bonds is 5. The molecule has 0 aromatic carbocycles. The number of ether oxygens (including phenoxy) is 1. The van der Waals surface area contributed by atoms with Crippen LogP contribution < -0.4 is 0 Å². The lowest BCUT2D eigenvalue weighted by Crippen LogP contribution is -2.57. The average molecular weight is 589 g/mol. The monoisotopic (exact) mass is 588 g/mol. The van der Waals surface area contributed by atoms with E-state index in [0.717, 1.165) is 58.2 Å². The largest absolute Gasteiger partial charge is 0.430 e. The van der Waals surface area contributed by atoms with E-state index in [0.29, 0.717) is 46.5 Å². The van der Waals surface area contributed by atoms with Crippen LogP contribution in [0.15, 0.2) is 39.7 Å². The number of carbonyl (C=O) groups is 1. The van der Waals surface area contributed by atoms with E-state index in [1.54, 1.807) is 6.20 Å². The minimum Gasteiger partial charge on any atom is -0.430 e. The van der Waals surface area contributed by atoms with Gasteiger partial charge in [-0.05, 0) is 104 Å². The molecule has 0 radical (unpaired) electrons. The van der Waals surface area contributed by atoms with Gasteiger partial charge in [0.05, 0.1) is 29.8 Å². The molecule has 9 heteroatoms. The Morgan fingerprint density at radius 3 is 2.88 bits per heavy atom. The standard InChI is InChI=1S/C33H40N4O4S/c1-32-15-19-17-35-37(21-9-12-40-13-10-21)25(19)14-20(32)5-6-22-23-7-8-24(33(23,2)16-26(38)29(22)32)27(39)18-42-31-36-30-28(41-31)4-3-11-34-30/h3-4,11,14,17,21-24,26,29,38H,5-10,12-13,15-16,18H2,1-2H3. The van der Waals surface area contributed by atoms with Crippen molar-refractivity contribution in [3.8, 4) is 0 Å². The van der Waals surface area contributed by atoms with Gasteiger partial charge in [-0.25, -0.2) is 4.98 Å². The second-order valence-corrected chi connectivity index (χ2v) is 14.8. The third-order valence-corrected chi connectivity index (χ3v) is 12.7. The molecule has 7 atom stereocenters. The van der Waals surface area contributed by atoms with Crippen molar-refractivity contribution in [2.75, 3.05) is 19.0 Å². The van der Waals surface area contributed by atoms with Gasteiger partial charge in [0.2, 0.25) is 0 Å². The summed E-state index contributed by atoms with van der Waals surface area (Å²) in [6, 6.07) is 4.08. The smallest absolute Gasteiger partial charge is 0.258 e. The lowest BCUT2D eigenvalue weighted by atomic mass is 9.46. The number of aromatic nitrogens is 4. The molecule has 3 aromatic heterocycles. The van der Waals surface area contributed by atoms with E-state index >= 15 is 0 Å². The van der Waals surface area contributed by atoms with Crippen LogP contribution in [0.1, 0.15) is 76.1 Å². The second-order valence-electron chi connectivity index (χ2n) is 13.9. The van der Waals surface area contributed by atoms with E-state index in [-0.39, 0.29) is 28.4 Å². The fourth-order valence-electron chi connectivity index (χ4n) is 10.00. The van der Waals surface area contributed by atoms with Crippen LogP contribution in [-0.4, -0.2) is 55.7 Å². The Morgan fingerprint density at radius 2 is 2.05 bits per heavy atom. The summed E-state index contributed by atoms with van der Waals surface area (Å²) in [4.78, 5) is 22.4. The molecular weight excluding hydrogens is 548 g/mol. The Kier molecular flexibility index (Phi) is 6.47. The SMILES string of the molecule is CC12Cc3cnn(C4CCOCC4)c3C=C1CCC1C2C(O)CC2(C)C(C(=O)CSc3nc4ncccc4o3)CCC12. The first-order chi connectivity index (χ1) is 20.3. The molecule has 0 spiro atoms. The van der Waals surface area contributed by atoms with Crippen LogP contribution in [0.2, 0.25) is 0 Å². The zero-order chi connectivity index (χ0) is 28.6. The van der Waals surface area contributed by atoms with Crippen molar-refractivity contribution < 1.29 is 19.1 Å². The predicted molar refractivity (Wildman–Crippen MR) is 160 cm³/mol. The molecule has 8 rings (SSSR count). The number of fused-ring (bicyclic) bond motifs is 7. The van der Waals surface area contributed by atoms with E-state index in [4.69, 9.17) is 14.3 Å². The maximum absolute atomic E-state index is 13.7. The molecule has 3 saturated carbocycles. The Balaban J connectivity index is 1.01. The van der Waals surface area contributed by atoms with Gasteiger partial charge in [-0.15, -0.1) is 0 Å². The molecule has 1 saturated heterocycles. The first-order valence-corrected chi connectivity index (χ1v) is 16.7. The molecule has 1 N–H and O–H groups in total.